The maximum absolute atomic E-state index is 12.8. The van der Waals surface area contributed by atoms with Crippen LogP contribution in [-0.4, -0.2) is 35.5 Å². The Morgan fingerprint density at radius 2 is 1.96 bits per heavy atom. The first-order valence-corrected chi connectivity index (χ1v) is 9.71. The Morgan fingerprint density at radius 1 is 1.17 bits per heavy atom. The number of nitriles is 1. The van der Waals surface area contributed by atoms with Crippen LogP contribution in [0.3, 0.4) is 0 Å². The lowest BCUT2D eigenvalue weighted by Crippen LogP contribution is -2.57. The first-order chi connectivity index (χ1) is 11.6. The second-order valence-corrected chi connectivity index (χ2v) is 8.21. The first-order valence-electron chi connectivity index (χ1n) is 9.71. The Kier molecular flexibility index (Phi) is 5.30. The summed E-state index contributed by atoms with van der Waals surface area (Å²) in [7, 11) is 0. The molecule has 24 heavy (non-hydrogen) atoms. The molecule has 1 aliphatic heterocycles. The molecule has 132 valence electrons. The SMILES string of the molecule is C[C@@H](C(=O)NC1(C#N)CCCCC1)N1CCC[C@]2(CC=CCC2)C1. The summed E-state index contributed by atoms with van der Waals surface area (Å²) in [4.78, 5) is 15.2. The fraction of sp³-hybridized carbons (Fsp3) is 0.800. The van der Waals surface area contributed by atoms with E-state index in [9.17, 15) is 10.1 Å². The molecular formula is C20H31N3O. The average molecular weight is 329 g/mol. The molecule has 3 rings (SSSR count). The molecule has 2 atom stereocenters. The number of nitrogens with one attached hydrogen (secondary N) is 1. The summed E-state index contributed by atoms with van der Waals surface area (Å²) >= 11 is 0. The highest BCUT2D eigenvalue weighted by Crippen LogP contribution is 2.41. The molecule has 4 nitrogen and oxygen atoms in total. The van der Waals surface area contributed by atoms with Crippen molar-refractivity contribution in [2.24, 2.45) is 5.41 Å². The van der Waals surface area contributed by atoms with Gasteiger partial charge in [-0.05, 0) is 63.8 Å². The number of carbonyl (C=O) groups excluding carboxylic acids is 1. The van der Waals surface area contributed by atoms with Gasteiger partial charge in [-0.2, -0.15) is 5.26 Å². The molecule has 0 aromatic rings. The van der Waals surface area contributed by atoms with Crippen molar-refractivity contribution in [3.05, 3.63) is 12.2 Å². The van der Waals surface area contributed by atoms with Gasteiger partial charge in [0, 0.05) is 6.54 Å². The van der Waals surface area contributed by atoms with Gasteiger partial charge in [-0.15, -0.1) is 0 Å². The number of rotatable bonds is 3. The molecule has 1 spiro atoms. The van der Waals surface area contributed by atoms with Crippen LogP contribution >= 0.6 is 0 Å². The second kappa shape index (κ2) is 7.27. The van der Waals surface area contributed by atoms with Gasteiger partial charge < -0.3 is 5.32 Å². The van der Waals surface area contributed by atoms with Gasteiger partial charge in [-0.1, -0.05) is 31.4 Å². The van der Waals surface area contributed by atoms with E-state index in [1.165, 1.54) is 32.1 Å². The molecule has 0 bridgehead atoms. The third-order valence-electron chi connectivity index (χ3n) is 6.46. The van der Waals surface area contributed by atoms with Gasteiger partial charge in [0.2, 0.25) is 5.91 Å². The maximum atomic E-state index is 12.8. The van der Waals surface area contributed by atoms with Crippen LogP contribution < -0.4 is 5.32 Å². The molecule has 3 aliphatic rings. The number of nitrogens with zero attached hydrogens (tertiary/aromatic N) is 2. The zero-order chi connectivity index (χ0) is 17.0. The van der Waals surface area contributed by atoms with Crippen molar-refractivity contribution >= 4 is 5.91 Å². The summed E-state index contributed by atoms with van der Waals surface area (Å²) in [5.41, 5.74) is -0.246. The number of amides is 1. The van der Waals surface area contributed by atoms with Crippen LogP contribution in [0, 0.1) is 16.7 Å². The van der Waals surface area contributed by atoms with Crippen LogP contribution in [0.1, 0.15) is 71.1 Å². The van der Waals surface area contributed by atoms with Crippen LogP contribution in [0.4, 0.5) is 0 Å². The Labute approximate surface area is 146 Å². The smallest absolute Gasteiger partial charge is 0.238 e. The molecule has 2 fully saturated rings. The van der Waals surface area contributed by atoms with Gasteiger partial charge in [0.15, 0.2) is 0 Å². The van der Waals surface area contributed by atoms with E-state index >= 15 is 0 Å². The molecule has 4 heteroatoms. The van der Waals surface area contributed by atoms with Gasteiger partial charge in [0.25, 0.3) is 0 Å². The monoisotopic (exact) mass is 329 g/mol. The first kappa shape index (κ1) is 17.5. The average Bonchev–Trinajstić information content (AvgIpc) is 2.62. The molecule has 0 aromatic heterocycles. The maximum Gasteiger partial charge on any atom is 0.238 e. The van der Waals surface area contributed by atoms with Gasteiger partial charge in [-0.3, -0.25) is 9.69 Å². The highest BCUT2D eigenvalue weighted by Gasteiger charge is 2.40. The van der Waals surface area contributed by atoms with E-state index in [-0.39, 0.29) is 11.9 Å². The lowest BCUT2D eigenvalue weighted by atomic mass is 9.71. The van der Waals surface area contributed by atoms with Crippen LogP contribution in [-0.2, 0) is 4.79 Å². The Morgan fingerprint density at radius 3 is 2.62 bits per heavy atom. The van der Waals surface area contributed by atoms with Crippen molar-refractivity contribution < 1.29 is 4.79 Å². The van der Waals surface area contributed by atoms with E-state index in [1.807, 2.05) is 6.92 Å². The highest BCUT2D eigenvalue weighted by molar-refractivity contribution is 5.82. The molecule has 1 amide bonds. The van der Waals surface area contributed by atoms with Crippen molar-refractivity contribution in [2.45, 2.75) is 82.7 Å². The number of carbonyl (C=O) groups is 1. The largest absolute Gasteiger partial charge is 0.336 e. The topological polar surface area (TPSA) is 56.1 Å². The van der Waals surface area contributed by atoms with Gasteiger partial charge >= 0.3 is 0 Å². The minimum Gasteiger partial charge on any atom is -0.336 e. The van der Waals surface area contributed by atoms with Crippen molar-refractivity contribution in [3.8, 4) is 6.07 Å². The summed E-state index contributed by atoms with van der Waals surface area (Å²) in [6.07, 6.45) is 15.5. The summed E-state index contributed by atoms with van der Waals surface area (Å²) in [6.45, 7) is 4.03. The van der Waals surface area contributed by atoms with Gasteiger partial charge in [0.05, 0.1) is 12.1 Å². The predicted octanol–water partition coefficient (Wildman–Crippen LogP) is 3.54. The van der Waals surface area contributed by atoms with Crippen molar-refractivity contribution in [2.75, 3.05) is 13.1 Å². The van der Waals surface area contributed by atoms with Crippen molar-refractivity contribution in [1.82, 2.24) is 10.2 Å². The van der Waals surface area contributed by atoms with Crippen LogP contribution in [0.5, 0.6) is 0 Å². The highest BCUT2D eigenvalue weighted by atomic mass is 16.2. The molecule has 0 unspecified atom stereocenters. The predicted molar refractivity (Wildman–Crippen MR) is 95.3 cm³/mol. The Hall–Kier alpha value is -1.34. The van der Waals surface area contributed by atoms with Crippen LogP contribution in [0.15, 0.2) is 12.2 Å². The van der Waals surface area contributed by atoms with Crippen molar-refractivity contribution in [1.29, 1.82) is 5.26 Å². The second-order valence-electron chi connectivity index (χ2n) is 8.21. The number of hydrogen-bond acceptors (Lipinski definition) is 3. The minimum absolute atomic E-state index is 0.0434. The number of likely N-dealkylation sites (tertiary alicyclic amines) is 1. The minimum atomic E-state index is -0.620. The van der Waals surface area contributed by atoms with E-state index in [4.69, 9.17) is 0 Å². The third-order valence-corrected chi connectivity index (χ3v) is 6.46. The van der Waals surface area contributed by atoms with E-state index in [0.29, 0.717) is 5.41 Å². The number of allylic oxidation sites excluding steroid dienone is 2. The summed E-state index contributed by atoms with van der Waals surface area (Å²) in [5, 5.41) is 12.7. The Bertz CT molecular complexity index is 529. The zero-order valence-corrected chi connectivity index (χ0v) is 15.0. The summed E-state index contributed by atoms with van der Waals surface area (Å²) in [6, 6.07) is 2.26. The quantitative estimate of drug-likeness (QED) is 0.806. The van der Waals surface area contributed by atoms with E-state index in [2.05, 4.69) is 28.4 Å². The van der Waals surface area contributed by atoms with Crippen molar-refractivity contribution in [3.63, 3.8) is 0 Å². The molecule has 1 saturated heterocycles. The van der Waals surface area contributed by atoms with Gasteiger partial charge in [-0.25, -0.2) is 0 Å². The Balaban J connectivity index is 1.62. The molecule has 1 heterocycles. The standard InChI is InChI=1S/C20H31N3O/c1-17(18(24)22-20(15-21)12-6-3-7-13-20)23-14-8-11-19(16-23)9-4-2-5-10-19/h2,4,17H,3,5-14,16H2,1H3,(H,22,24)/t17-,19+/m0/s1. The zero-order valence-electron chi connectivity index (χ0n) is 15.0. The number of piperidine rings is 1. The molecular weight excluding hydrogens is 298 g/mol. The van der Waals surface area contributed by atoms with E-state index < -0.39 is 5.54 Å². The third kappa shape index (κ3) is 3.67. The molecule has 2 aliphatic carbocycles. The summed E-state index contributed by atoms with van der Waals surface area (Å²) < 4.78 is 0. The summed E-state index contributed by atoms with van der Waals surface area (Å²) in [5.74, 6) is 0.0434. The fourth-order valence-electron chi connectivity index (χ4n) is 4.82. The van der Waals surface area contributed by atoms with Crippen LogP contribution in [0.25, 0.3) is 0 Å². The van der Waals surface area contributed by atoms with Crippen LogP contribution in [0.2, 0.25) is 0 Å². The van der Waals surface area contributed by atoms with E-state index in [1.54, 1.807) is 0 Å². The lowest BCUT2D eigenvalue weighted by molar-refractivity contribution is -0.129. The molecule has 0 radical (unpaired) electrons. The number of hydrogen-bond donors (Lipinski definition) is 1. The molecule has 1 saturated carbocycles. The van der Waals surface area contributed by atoms with E-state index in [0.717, 1.165) is 45.2 Å². The molecule has 0 aromatic carbocycles. The lowest BCUT2D eigenvalue weighted by Gasteiger charge is -2.46. The van der Waals surface area contributed by atoms with Gasteiger partial charge in [0.1, 0.15) is 5.54 Å². The molecule has 1 N–H and O–H groups in total. The fourth-order valence-corrected chi connectivity index (χ4v) is 4.82. The normalized spacial score (nSPS) is 31.3.